The minimum absolute atomic E-state index is 0.396. The average molecular weight is 315 g/mol. The van der Waals surface area contributed by atoms with Gasteiger partial charge in [-0.3, -0.25) is 4.79 Å². The summed E-state index contributed by atoms with van der Waals surface area (Å²) in [6.07, 6.45) is 12.2. The third kappa shape index (κ3) is 2.14. The summed E-state index contributed by atoms with van der Waals surface area (Å²) >= 11 is 0. The summed E-state index contributed by atoms with van der Waals surface area (Å²) in [5, 5.41) is 0. The predicted octanol–water partition coefficient (Wildman–Crippen LogP) is 5.79. The Kier molecular flexibility index (Phi) is 3.60. The molecule has 0 N–H and O–H groups in total. The van der Waals surface area contributed by atoms with Crippen LogP contribution < -0.4 is 0 Å². The molecule has 0 saturated heterocycles. The summed E-state index contributed by atoms with van der Waals surface area (Å²) in [5.74, 6) is 4.70. The van der Waals surface area contributed by atoms with Crippen LogP contribution in [0.15, 0.2) is 11.6 Å². The van der Waals surface area contributed by atoms with E-state index in [-0.39, 0.29) is 0 Å². The third-order valence-electron chi connectivity index (χ3n) is 9.01. The zero-order valence-electron chi connectivity index (χ0n) is 15.5. The Balaban J connectivity index is 1.71. The van der Waals surface area contributed by atoms with E-state index in [1.54, 1.807) is 0 Å². The molecule has 3 saturated carbocycles. The van der Waals surface area contributed by atoms with Crippen LogP contribution >= 0.6 is 0 Å². The van der Waals surface area contributed by atoms with Gasteiger partial charge in [-0.2, -0.15) is 0 Å². The normalized spacial score (nSPS) is 48.3. The summed E-state index contributed by atoms with van der Waals surface area (Å²) in [4.78, 5) is 11.9. The van der Waals surface area contributed by atoms with E-state index in [2.05, 4.69) is 33.8 Å². The van der Waals surface area contributed by atoms with E-state index in [0.717, 1.165) is 42.4 Å². The average Bonchev–Trinajstić information content (AvgIpc) is 2.76. The SMILES string of the molecule is CCC1CC2=CC(=O)CCC2C2CCC3(C)C(CCC3(C)C)C12. The summed E-state index contributed by atoms with van der Waals surface area (Å²) in [5.41, 5.74) is 2.60. The van der Waals surface area contributed by atoms with Gasteiger partial charge in [0.25, 0.3) is 0 Å². The van der Waals surface area contributed by atoms with E-state index in [9.17, 15) is 4.79 Å². The summed E-state index contributed by atoms with van der Waals surface area (Å²) in [6.45, 7) is 10.1. The summed E-state index contributed by atoms with van der Waals surface area (Å²) in [6, 6.07) is 0. The number of allylic oxidation sites excluding steroid dienone is 1. The second kappa shape index (κ2) is 5.20. The highest BCUT2D eigenvalue weighted by Gasteiger charge is 2.60. The predicted molar refractivity (Wildman–Crippen MR) is 95.0 cm³/mol. The van der Waals surface area contributed by atoms with Gasteiger partial charge in [0.15, 0.2) is 5.78 Å². The Morgan fingerprint density at radius 1 is 1.13 bits per heavy atom. The van der Waals surface area contributed by atoms with Crippen LogP contribution in [0.2, 0.25) is 0 Å². The number of fused-ring (bicyclic) bond motifs is 5. The first kappa shape index (κ1) is 15.9. The largest absolute Gasteiger partial charge is 0.295 e. The molecule has 23 heavy (non-hydrogen) atoms. The maximum atomic E-state index is 11.9. The van der Waals surface area contributed by atoms with Crippen LogP contribution in [-0.4, -0.2) is 5.78 Å². The second-order valence-electron chi connectivity index (χ2n) is 9.93. The van der Waals surface area contributed by atoms with Gasteiger partial charge in [0.2, 0.25) is 0 Å². The van der Waals surface area contributed by atoms with E-state index in [1.807, 2.05) is 0 Å². The first-order valence-corrected chi connectivity index (χ1v) is 10.1. The first-order valence-electron chi connectivity index (χ1n) is 10.1. The van der Waals surface area contributed by atoms with Crippen LogP contribution in [0, 0.1) is 40.4 Å². The molecular weight excluding hydrogens is 280 g/mol. The highest BCUT2D eigenvalue weighted by molar-refractivity contribution is 5.91. The van der Waals surface area contributed by atoms with Gasteiger partial charge >= 0.3 is 0 Å². The molecule has 4 aliphatic rings. The van der Waals surface area contributed by atoms with Crippen molar-refractivity contribution < 1.29 is 4.79 Å². The van der Waals surface area contributed by atoms with E-state index in [0.29, 0.717) is 16.6 Å². The van der Waals surface area contributed by atoms with Gasteiger partial charge < -0.3 is 0 Å². The lowest BCUT2D eigenvalue weighted by Gasteiger charge is -2.58. The highest BCUT2D eigenvalue weighted by Crippen LogP contribution is 2.68. The van der Waals surface area contributed by atoms with E-state index >= 15 is 0 Å². The van der Waals surface area contributed by atoms with E-state index in [1.165, 1.54) is 44.1 Å². The van der Waals surface area contributed by atoms with Crippen molar-refractivity contribution in [3.05, 3.63) is 11.6 Å². The lowest BCUT2D eigenvalue weighted by Crippen LogP contribution is -2.51. The van der Waals surface area contributed by atoms with Crippen molar-refractivity contribution in [2.75, 3.05) is 0 Å². The van der Waals surface area contributed by atoms with Gasteiger partial charge in [0, 0.05) is 6.42 Å². The van der Waals surface area contributed by atoms with Gasteiger partial charge in [0.1, 0.15) is 0 Å². The number of hydrogen-bond acceptors (Lipinski definition) is 1. The number of hydrogen-bond donors (Lipinski definition) is 0. The van der Waals surface area contributed by atoms with Crippen molar-refractivity contribution in [1.82, 2.24) is 0 Å². The molecule has 0 aliphatic heterocycles. The van der Waals surface area contributed by atoms with Gasteiger partial charge in [-0.1, -0.05) is 39.7 Å². The Labute approximate surface area is 142 Å². The van der Waals surface area contributed by atoms with Crippen LogP contribution in [-0.2, 0) is 4.79 Å². The number of carbonyl (C=O) groups is 1. The third-order valence-corrected chi connectivity index (χ3v) is 9.01. The zero-order chi connectivity index (χ0) is 16.4. The molecule has 0 bridgehead atoms. The van der Waals surface area contributed by atoms with Crippen molar-refractivity contribution in [2.45, 2.75) is 79.1 Å². The molecule has 3 fully saturated rings. The van der Waals surface area contributed by atoms with Crippen LogP contribution in [0.3, 0.4) is 0 Å². The quantitative estimate of drug-likeness (QED) is 0.598. The lowest BCUT2D eigenvalue weighted by molar-refractivity contribution is -0.116. The first-order chi connectivity index (χ1) is 10.9. The molecule has 4 aliphatic carbocycles. The fourth-order valence-electron chi connectivity index (χ4n) is 7.29. The van der Waals surface area contributed by atoms with Crippen LogP contribution in [0.25, 0.3) is 0 Å². The summed E-state index contributed by atoms with van der Waals surface area (Å²) < 4.78 is 0. The van der Waals surface area contributed by atoms with Crippen LogP contribution in [0.1, 0.15) is 79.1 Å². The van der Waals surface area contributed by atoms with Crippen molar-refractivity contribution in [2.24, 2.45) is 40.4 Å². The number of carbonyl (C=O) groups excluding carboxylic acids is 1. The van der Waals surface area contributed by atoms with E-state index in [4.69, 9.17) is 0 Å². The van der Waals surface area contributed by atoms with Gasteiger partial charge in [-0.25, -0.2) is 0 Å². The van der Waals surface area contributed by atoms with Gasteiger partial charge in [-0.05, 0) is 85.0 Å². The molecule has 0 amide bonds. The molecule has 1 nitrogen and oxygen atoms in total. The Morgan fingerprint density at radius 3 is 2.65 bits per heavy atom. The van der Waals surface area contributed by atoms with Crippen molar-refractivity contribution in [3.63, 3.8) is 0 Å². The molecule has 6 unspecified atom stereocenters. The lowest BCUT2D eigenvalue weighted by atomic mass is 9.47. The van der Waals surface area contributed by atoms with Crippen molar-refractivity contribution in [1.29, 1.82) is 0 Å². The van der Waals surface area contributed by atoms with Crippen molar-refractivity contribution >= 4 is 5.78 Å². The molecule has 128 valence electrons. The molecule has 0 radical (unpaired) electrons. The van der Waals surface area contributed by atoms with Crippen molar-refractivity contribution in [3.8, 4) is 0 Å². The Hall–Kier alpha value is -0.590. The topological polar surface area (TPSA) is 17.1 Å². The number of ketones is 1. The molecule has 0 aromatic rings. The van der Waals surface area contributed by atoms with Gasteiger partial charge in [0.05, 0.1) is 0 Å². The Morgan fingerprint density at radius 2 is 1.91 bits per heavy atom. The molecule has 0 aromatic heterocycles. The molecule has 1 heteroatoms. The van der Waals surface area contributed by atoms with Crippen LogP contribution in [0.5, 0.6) is 0 Å². The maximum absolute atomic E-state index is 11.9. The monoisotopic (exact) mass is 314 g/mol. The Bertz CT molecular complexity index is 542. The molecule has 6 atom stereocenters. The maximum Gasteiger partial charge on any atom is 0.155 e. The number of rotatable bonds is 1. The summed E-state index contributed by atoms with van der Waals surface area (Å²) in [7, 11) is 0. The molecule has 4 rings (SSSR count). The second-order valence-corrected chi connectivity index (χ2v) is 9.93. The molecule has 0 heterocycles. The van der Waals surface area contributed by atoms with Crippen LogP contribution in [0.4, 0.5) is 0 Å². The van der Waals surface area contributed by atoms with E-state index < -0.39 is 0 Å². The molecule has 0 spiro atoms. The smallest absolute Gasteiger partial charge is 0.155 e. The minimum Gasteiger partial charge on any atom is -0.295 e. The highest BCUT2D eigenvalue weighted by atomic mass is 16.1. The minimum atomic E-state index is 0.396. The fourth-order valence-corrected chi connectivity index (χ4v) is 7.29. The zero-order valence-corrected chi connectivity index (χ0v) is 15.5. The van der Waals surface area contributed by atoms with Gasteiger partial charge in [-0.15, -0.1) is 0 Å². The molecule has 0 aromatic carbocycles. The fraction of sp³-hybridized carbons (Fsp3) is 0.864. The molecular formula is C22H34O. The standard InChI is InChI=1S/C22H34O/c1-5-14-12-15-13-16(23)6-7-17(15)18-8-11-22(4)19(20(14)18)9-10-21(22,2)3/h13-14,17-20H,5-12H2,1-4H3.